The van der Waals surface area contributed by atoms with Crippen LogP contribution < -0.4 is 10.2 Å². The van der Waals surface area contributed by atoms with Crippen molar-refractivity contribution in [3.05, 3.63) is 59.6 Å². The van der Waals surface area contributed by atoms with Crippen molar-refractivity contribution < 1.29 is 14.4 Å². The van der Waals surface area contributed by atoms with Crippen LogP contribution in [0, 0.1) is 0 Å². The zero-order valence-electron chi connectivity index (χ0n) is 19.7. The molecule has 0 radical (unpaired) electrons. The van der Waals surface area contributed by atoms with E-state index < -0.39 is 5.54 Å². The summed E-state index contributed by atoms with van der Waals surface area (Å²) < 4.78 is 0. The molecule has 184 valence electrons. The molecule has 5 rings (SSSR count). The molecule has 1 N–H and O–H groups in total. The van der Waals surface area contributed by atoms with E-state index in [1.807, 2.05) is 35.2 Å². The summed E-state index contributed by atoms with van der Waals surface area (Å²) in [5.74, 6) is -0.0111. The molecular weight excluding hydrogens is 466 g/mol. The van der Waals surface area contributed by atoms with Crippen molar-refractivity contribution in [1.82, 2.24) is 14.7 Å². The third kappa shape index (κ3) is 4.67. The predicted molar refractivity (Wildman–Crippen MR) is 135 cm³/mol. The van der Waals surface area contributed by atoms with Crippen LogP contribution in [0.1, 0.15) is 25.7 Å². The first-order valence-corrected chi connectivity index (χ1v) is 12.6. The van der Waals surface area contributed by atoms with Crippen LogP contribution in [0.5, 0.6) is 0 Å². The molecule has 2 aromatic rings. The topological polar surface area (TPSA) is 76.2 Å². The SMILES string of the molecule is O=C(CN1CN(c2ccccc2)C2(CCN(C(=O)Nc3cccc(Cl)c3)CC2)C1=O)N1CCCC1. The molecule has 2 aromatic carbocycles. The number of halogens is 1. The van der Waals surface area contributed by atoms with Crippen molar-refractivity contribution >= 4 is 40.8 Å². The largest absolute Gasteiger partial charge is 0.341 e. The lowest BCUT2D eigenvalue weighted by molar-refractivity contribution is -0.140. The number of para-hydroxylation sites is 1. The van der Waals surface area contributed by atoms with Crippen molar-refractivity contribution in [2.24, 2.45) is 0 Å². The van der Waals surface area contributed by atoms with Gasteiger partial charge in [-0.2, -0.15) is 0 Å². The van der Waals surface area contributed by atoms with Gasteiger partial charge in [-0.1, -0.05) is 35.9 Å². The number of carbonyl (C=O) groups is 3. The number of nitrogens with zero attached hydrogens (tertiary/aromatic N) is 4. The third-order valence-electron chi connectivity index (χ3n) is 7.32. The van der Waals surface area contributed by atoms with Crippen LogP contribution in [-0.4, -0.2) is 77.5 Å². The highest BCUT2D eigenvalue weighted by atomic mass is 35.5. The minimum atomic E-state index is -0.764. The van der Waals surface area contributed by atoms with Gasteiger partial charge in [-0.15, -0.1) is 0 Å². The lowest BCUT2D eigenvalue weighted by Gasteiger charge is -2.43. The van der Waals surface area contributed by atoms with E-state index in [2.05, 4.69) is 10.2 Å². The Balaban J connectivity index is 1.31. The maximum absolute atomic E-state index is 13.8. The normalized spacial score (nSPS) is 19.5. The molecule has 4 amide bonds. The highest BCUT2D eigenvalue weighted by molar-refractivity contribution is 6.30. The van der Waals surface area contributed by atoms with Gasteiger partial charge in [0, 0.05) is 42.6 Å². The van der Waals surface area contributed by atoms with E-state index in [1.165, 1.54) is 0 Å². The molecule has 1 spiro atoms. The molecular formula is C26H30ClN5O3. The lowest BCUT2D eigenvalue weighted by Crippen LogP contribution is -2.58. The van der Waals surface area contributed by atoms with Crippen LogP contribution in [0.15, 0.2) is 54.6 Å². The predicted octanol–water partition coefficient (Wildman–Crippen LogP) is 3.64. The van der Waals surface area contributed by atoms with Crippen LogP contribution in [0.3, 0.4) is 0 Å². The molecule has 8 nitrogen and oxygen atoms in total. The van der Waals surface area contributed by atoms with E-state index in [0.29, 0.717) is 43.3 Å². The first-order valence-electron chi connectivity index (χ1n) is 12.2. The number of hydrogen-bond acceptors (Lipinski definition) is 4. The number of anilines is 2. The monoisotopic (exact) mass is 495 g/mol. The second kappa shape index (κ2) is 9.77. The van der Waals surface area contributed by atoms with Crippen LogP contribution >= 0.6 is 11.6 Å². The highest BCUT2D eigenvalue weighted by Gasteiger charge is 2.54. The molecule has 0 atom stereocenters. The summed E-state index contributed by atoms with van der Waals surface area (Å²) >= 11 is 6.04. The van der Waals surface area contributed by atoms with Crippen molar-refractivity contribution in [1.29, 1.82) is 0 Å². The number of benzene rings is 2. The van der Waals surface area contributed by atoms with E-state index >= 15 is 0 Å². The number of likely N-dealkylation sites (tertiary alicyclic amines) is 2. The van der Waals surface area contributed by atoms with Gasteiger partial charge in [0.25, 0.3) is 5.91 Å². The summed E-state index contributed by atoms with van der Waals surface area (Å²) in [7, 11) is 0. The summed E-state index contributed by atoms with van der Waals surface area (Å²) in [4.78, 5) is 46.9. The number of nitrogens with one attached hydrogen (secondary N) is 1. The van der Waals surface area contributed by atoms with Crippen LogP contribution in [0.2, 0.25) is 5.02 Å². The zero-order valence-corrected chi connectivity index (χ0v) is 20.4. The van der Waals surface area contributed by atoms with Gasteiger partial charge in [0.1, 0.15) is 12.1 Å². The summed E-state index contributed by atoms with van der Waals surface area (Å²) in [6.45, 7) is 2.89. The average Bonchev–Trinajstić information content (AvgIpc) is 3.49. The van der Waals surface area contributed by atoms with Gasteiger partial charge in [0.2, 0.25) is 5.91 Å². The number of amides is 4. The van der Waals surface area contributed by atoms with Gasteiger partial charge in [0.05, 0.1) is 6.67 Å². The molecule has 0 saturated carbocycles. The Morgan fingerprint density at radius 1 is 0.914 bits per heavy atom. The standard InChI is InChI=1S/C26H30ClN5O3/c27-20-7-6-8-21(17-20)28-25(35)30-15-11-26(12-16-30)24(34)31(18-23(33)29-13-4-5-14-29)19-32(26)22-9-2-1-3-10-22/h1-3,6-10,17H,4-5,11-16,18-19H2,(H,28,35). The summed E-state index contributed by atoms with van der Waals surface area (Å²) in [6, 6.07) is 16.7. The summed E-state index contributed by atoms with van der Waals surface area (Å²) in [5, 5.41) is 3.45. The number of carbonyl (C=O) groups excluding carboxylic acids is 3. The minimum Gasteiger partial charge on any atom is -0.341 e. The van der Waals surface area contributed by atoms with Crippen LogP contribution in [0.25, 0.3) is 0 Å². The van der Waals surface area contributed by atoms with Crippen molar-refractivity contribution in [2.75, 3.05) is 49.6 Å². The molecule has 3 aliphatic rings. The van der Waals surface area contributed by atoms with Crippen LogP contribution in [-0.2, 0) is 9.59 Å². The Hall–Kier alpha value is -3.26. The van der Waals surface area contributed by atoms with E-state index in [1.54, 1.807) is 34.1 Å². The molecule has 35 heavy (non-hydrogen) atoms. The Kier molecular flexibility index (Phi) is 6.56. The van der Waals surface area contributed by atoms with Gasteiger partial charge < -0.3 is 24.9 Å². The van der Waals surface area contributed by atoms with E-state index in [9.17, 15) is 14.4 Å². The smallest absolute Gasteiger partial charge is 0.321 e. The zero-order chi connectivity index (χ0) is 24.4. The van der Waals surface area contributed by atoms with E-state index in [-0.39, 0.29) is 24.4 Å². The molecule has 9 heteroatoms. The van der Waals surface area contributed by atoms with Gasteiger partial charge in [-0.25, -0.2) is 4.79 Å². The molecule has 3 heterocycles. The van der Waals surface area contributed by atoms with E-state index in [4.69, 9.17) is 11.6 Å². The molecule has 3 aliphatic heterocycles. The minimum absolute atomic E-state index is 0.0132. The maximum atomic E-state index is 13.8. The molecule has 3 fully saturated rings. The number of piperidine rings is 1. The fraction of sp³-hybridized carbons (Fsp3) is 0.423. The Labute approximate surface area is 210 Å². The Morgan fingerprint density at radius 3 is 2.31 bits per heavy atom. The Bertz CT molecular complexity index is 1100. The third-order valence-corrected chi connectivity index (χ3v) is 7.56. The number of hydrogen-bond donors (Lipinski definition) is 1. The number of urea groups is 1. The quantitative estimate of drug-likeness (QED) is 0.702. The first kappa shape index (κ1) is 23.5. The highest BCUT2D eigenvalue weighted by Crippen LogP contribution is 2.39. The van der Waals surface area contributed by atoms with Gasteiger partial charge in [-0.05, 0) is 56.0 Å². The van der Waals surface area contributed by atoms with Gasteiger partial charge in [-0.3, -0.25) is 9.59 Å². The van der Waals surface area contributed by atoms with Crippen molar-refractivity contribution in [3.8, 4) is 0 Å². The van der Waals surface area contributed by atoms with Crippen LogP contribution in [0.4, 0.5) is 16.2 Å². The maximum Gasteiger partial charge on any atom is 0.321 e. The molecule has 0 bridgehead atoms. The fourth-order valence-corrected chi connectivity index (χ4v) is 5.59. The molecule has 0 aromatic heterocycles. The lowest BCUT2D eigenvalue weighted by atomic mass is 9.85. The second-order valence-corrected chi connectivity index (χ2v) is 9.89. The first-order chi connectivity index (χ1) is 17.0. The molecule has 0 unspecified atom stereocenters. The Morgan fingerprint density at radius 2 is 1.63 bits per heavy atom. The number of rotatable bonds is 4. The van der Waals surface area contributed by atoms with Gasteiger partial charge >= 0.3 is 6.03 Å². The van der Waals surface area contributed by atoms with Crippen molar-refractivity contribution in [2.45, 2.75) is 31.2 Å². The van der Waals surface area contributed by atoms with Gasteiger partial charge in [0.15, 0.2) is 0 Å². The summed E-state index contributed by atoms with van der Waals surface area (Å²) in [5.41, 5.74) is 0.825. The van der Waals surface area contributed by atoms with E-state index in [0.717, 1.165) is 31.6 Å². The second-order valence-electron chi connectivity index (χ2n) is 9.46. The summed E-state index contributed by atoms with van der Waals surface area (Å²) in [6.07, 6.45) is 3.04. The fourth-order valence-electron chi connectivity index (χ4n) is 5.40. The molecule has 0 aliphatic carbocycles. The van der Waals surface area contributed by atoms with Crippen molar-refractivity contribution in [3.63, 3.8) is 0 Å². The average molecular weight is 496 g/mol. The molecule has 3 saturated heterocycles.